The highest BCUT2D eigenvalue weighted by Crippen LogP contribution is 2.53. The molecule has 0 aromatic heterocycles. The van der Waals surface area contributed by atoms with Gasteiger partial charge in [0.05, 0.1) is 0 Å². The van der Waals surface area contributed by atoms with Crippen LogP contribution in [0.2, 0.25) is 0 Å². The van der Waals surface area contributed by atoms with Crippen molar-refractivity contribution < 1.29 is 0 Å². The van der Waals surface area contributed by atoms with E-state index in [-0.39, 0.29) is 5.41 Å². The Bertz CT molecular complexity index is 3460. The second-order valence-electron chi connectivity index (χ2n) is 17.6. The van der Waals surface area contributed by atoms with Gasteiger partial charge in [0.15, 0.2) is 0 Å². The van der Waals surface area contributed by atoms with Gasteiger partial charge in [-0.3, -0.25) is 0 Å². The standard InChI is InChI=1S/C57H40/c1-31-41-22-20-38(42-23-18-37-17-15-33-8-5-9-35-19-25-45(42)56(37)53(33)35)26-46(41)32(2)48-30-52-50(29-47(31)48)43-24-21-39(28-51(43)57(52,3)4)49-27-40-12-6-10-34-14-16-36-11-7-13-44(49)55(36)54(34)40/h5-16,18-30,53H,17H2,1-4H3. The molecule has 0 radical (unpaired) electrons. The van der Waals surface area contributed by atoms with Crippen molar-refractivity contribution in [2.24, 2.45) is 0 Å². The van der Waals surface area contributed by atoms with Gasteiger partial charge in [-0.1, -0.05) is 135 Å². The van der Waals surface area contributed by atoms with E-state index in [0.29, 0.717) is 5.92 Å². The highest BCUT2D eigenvalue weighted by atomic mass is 14.4. The zero-order valence-electron chi connectivity index (χ0n) is 32.7. The number of fused-ring (bicyclic) bond motifs is 5. The summed E-state index contributed by atoms with van der Waals surface area (Å²) < 4.78 is 0. The van der Waals surface area contributed by atoms with E-state index in [1.54, 1.807) is 0 Å². The summed E-state index contributed by atoms with van der Waals surface area (Å²) in [5.41, 5.74) is 20.6. The maximum absolute atomic E-state index is 2.54. The van der Waals surface area contributed by atoms with Gasteiger partial charge >= 0.3 is 0 Å². The van der Waals surface area contributed by atoms with Gasteiger partial charge in [0.1, 0.15) is 0 Å². The van der Waals surface area contributed by atoms with E-state index in [1.807, 2.05) is 0 Å². The zero-order chi connectivity index (χ0) is 37.9. The third kappa shape index (κ3) is 4.08. The van der Waals surface area contributed by atoms with Crippen LogP contribution in [0.1, 0.15) is 58.7 Å². The zero-order valence-corrected chi connectivity index (χ0v) is 32.7. The molecule has 268 valence electrons. The van der Waals surface area contributed by atoms with Crippen LogP contribution >= 0.6 is 0 Å². The molecule has 0 aliphatic heterocycles. The molecule has 1 unspecified atom stereocenters. The highest BCUT2D eigenvalue weighted by Gasteiger charge is 2.37. The number of benzene rings is 9. The molecule has 0 saturated heterocycles. The third-order valence-corrected chi connectivity index (χ3v) is 14.5. The molecule has 0 bridgehead atoms. The molecular weight excluding hydrogens is 685 g/mol. The SMILES string of the molecule is Cc1c2ccc(-c3ccc4c5c3C=CC3=CC=CC(=CC4)C35)cc2c(C)c2cc3c(cc12)-c1ccc(-c2cc4cccc5ccc6cccc2c6c54)cc1C3(C)C. The van der Waals surface area contributed by atoms with Gasteiger partial charge in [0.25, 0.3) is 0 Å². The number of allylic oxidation sites excluding steroid dienone is 7. The lowest BCUT2D eigenvalue weighted by Crippen LogP contribution is -2.17. The summed E-state index contributed by atoms with van der Waals surface area (Å²) in [7, 11) is 0. The Kier molecular flexibility index (Phi) is 6.04. The molecule has 0 N–H and O–H groups in total. The van der Waals surface area contributed by atoms with Crippen LogP contribution in [0.15, 0.2) is 157 Å². The van der Waals surface area contributed by atoms with Crippen LogP contribution in [0.25, 0.3) is 93.3 Å². The number of hydrogen-bond acceptors (Lipinski definition) is 0. The van der Waals surface area contributed by atoms with Crippen LogP contribution < -0.4 is 0 Å². The average Bonchev–Trinajstić information content (AvgIpc) is 3.47. The maximum Gasteiger partial charge on any atom is 0.0345 e. The molecule has 4 aliphatic carbocycles. The maximum atomic E-state index is 2.54. The van der Waals surface area contributed by atoms with Gasteiger partial charge in [-0.2, -0.15) is 0 Å². The lowest BCUT2D eigenvalue weighted by molar-refractivity contribution is 0.661. The molecule has 1 atom stereocenters. The minimum absolute atomic E-state index is 0.141. The highest BCUT2D eigenvalue weighted by molar-refractivity contribution is 6.26. The fraction of sp³-hybridized carbons (Fsp3) is 0.123. The first-order valence-corrected chi connectivity index (χ1v) is 20.6. The van der Waals surface area contributed by atoms with Crippen molar-refractivity contribution in [2.45, 2.75) is 45.4 Å². The van der Waals surface area contributed by atoms with Gasteiger partial charge < -0.3 is 0 Å². The number of hydrogen-bond donors (Lipinski definition) is 0. The fourth-order valence-corrected chi connectivity index (χ4v) is 11.6. The smallest absolute Gasteiger partial charge is 0.0345 e. The number of aryl methyl sites for hydroxylation is 2. The Balaban J connectivity index is 0.961. The summed E-state index contributed by atoms with van der Waals surface area (Å²) in [6, 6.07) is 44.8. The molecule has 0 amide bonds. The third-order valence-electron chi connectivity index (χ3n) is 14.5. The van der Waals surface area contributed by atoms with Crippen molar-refractivity contribution in [1.29, 1.82) is 0 Å². The van der Waals surface area contributed by atoms with E-state index in [0.717, 1.165) is 6.42 Å². The molecule has 0 nitrogen and oxygen atoms in total. The van der Waals surface area contributed by atoms with Crippen molar-refractivity contribution in [1.82, 2.24) is 0 Å². The lowest BCUT2D eigenvalue weighted by Gasteiger charge is -2.34. The van der Waals surface area contributed by atoms with Crippen molar-refractivity contribution in [3.05, 3.63) is 196 Å². The van der Waals surface area contributed by atoms with E-state index in [9.17, 15) is 0 Å². The van der Waals surface area contributed by atoms with Crippen LogP contribution in [0.3, 0.4) is 0 Å². The van der Waals surface area contributed by atoms with Crippen LogP contribution in [-0.2, 0) is 11.8 Å². The molecule has 9 aromatic rings. The molecule has 9 aromatic carbocycles. The molecule has 0 spiro atoms. The van der Waals surface area contributed by atoms with E-state index in [2.05, 4.69) is 179 Å². The largest absolute Gasteiger partial charge is 0.0759 e. The van der Waals surface area contributed by atoms with Gasteiger partial charge in [-0.05, 0) is 188 Å². The lowest BCUT2D eigenvalue weighted by atomic mass is 9.70. The molecule has 0 fully saturated rings. The van der Waals surface area contributed by atoms with E-state index in [1.165, 1.54) is 137 Å². The fourth-order valence-electron chi connectivity index (χ4n) is 11.6. The van der Waals surface area contributed by atoms with Gasteiger partial charge in [-0.25, -0.2) is 0 Å². The van der Waals surface area contributed by atoms with Gasteiger partial charge in [-0.15, -0.1) is 0 Å². The van der Waals surface area contributed by atoms with E-state index < -0.39 is 0 Å². The Morgan fingerprint density at radius 2 is 1.23 bits per heavy atom. The molecule has 0 saturated carbocycles. The van der Waals surface area contributed by atoms with Crippen molar-refractivity contribution in [3.8, 4) is 33.4 Å². The summed E-state index contributed by atoms with van der Waals surface area (Å²) in [6.45, 7) is 9.54. The molecule has 0 heterocycles. The van der Waals surface area contributed by atoms with Gasteiger partial charge in [0, 0.05) is 11.3 Å². The number of rotatable bonds is 2. The second kappa shape index (κ2) is 10.9. The van der Waals surface area contributed by atoms with Crippen LogP contribution in [-0.4, -0.2) is 0 Å². The van der Waals surface area contributed by atoms with Gasteiger partial charge in [0.2, 0.25) is 0 Å². The minimum Gasteiger partial charge on any atom is -0.0759 e. The predicted octanol–water partition coefficient (Wildman–Crippen LogP) is 15.2. The summed E-state index contributed by atoms with van der Waals surface area (Å²) in [5.74, 6) is 0.359. The molecule has 4 aliphatic rings. The topological polar surface area (TPSA) is 0 Å². The van der Waals surface area contributed by atoms with Crippen LogP contribution in [0.4, 0.5) is 0 Å². The summed E-state index contributed by atoms with van der Waals surface area (Å²) >= 11 is 0. The van der Waals surface area contributed by atoms with Crippen LogP contribution in [0, 0.1) is 13.8 Å². The predicted molar refractivity (Wildman–Crippen MR) is 244 cm³/mol. The molecule has 0 heteroatoms. The summed E-state index contributed by atoms with van der Waals surface area (Å²) in [4.78, 5) is 0. The molecule has 13 rings (SSSR count). The summed E-state index contributed by atoms with van der Waals surface area (Å²) in [5, 5.41) is 13.4. The Morgan fingerprint density at radius 3 is 2.12 bits per heavy atom. The normalized spacial score (nSPS) is 17.1. The Morgan fingerprint density at radius 1 is 0.509 bits per heavy atom. The Hall–Kier alpha value is -6.50. The quantitative estimate of drug-likeness (QED) is 0.123. The van der Waals surface area contributed by atoms with Crippen molar-refractivity contribution in [3.63, 3.8) is 0 Å². The van der Waals surface area contributed by atoms with Crippen LogP contribution in [0.5, 0.6) is 0 Å². The molecular formula is C57H40. The first kappa shape index (κ1) is 31.7. The van der Waals surface area contributed by atoms with Crippen molar-refractivity contribution in [2.75, 3.05) is 0 Å². The average molecular weight is 725 g/mol. The summed E-state index contributed by atoms with van der Waals surface area (Å²) in [6.07, 6.45) is 15.0. The van der Waals surface area contributed by atoms with E-state index in [4.69, 9.17) is 0 Å². The van der Waals surface area contributed by atoms with Crippen molar-refractivity contribution >= 4 is 59.9 Å². The first-order chi connectivity index (χ1) is 27.8. The molecule has 57 heavy (non-hydrogen) atoms. The first-order valence-electron chi connectivity index (χ1n) is 20.6. The van der Waals surface area contributed by atoms with E-state index >= 15 is 0 Å². The second-order valence-corrected chi connectivity index (χ2v) is 17.6. The Labute approximate surface area is 333 Å². The monoisotopic (exact) mass is 724 g/mol. The minimum atomic E-state index is -0.141.